The summed E-state index contributed by atoms with van der Waals surface area (Å²) in [5, 5.41) is 5.28. The summed E-state index contributed by atoms with van der Waals surface area (Å²) in [6.45, 7) is 4.75. The van der Waals surface area contributed by atoms with Gasteiger partial charge in [-0.1, -0.05) is 147 Å². The predicted molar refractivity (Wildman–Crippen MR) is 260 cm³/mol. The second-order valence-electron chi connectivity index (χ2n) is 19.5. The molecule has 61 heavy (non-hydrogen) atoms. The average molecular weight is 804 g/mol. The Balaban J connectivity index is 1.01. The lowest BCUT2D eigenvalue weighted by Crippen LogP contribution is -2.48. The van der Waals surface area contributed by atoms with Crippen molar-refractivity contribution in [3.05, 3.63) is 187 Å². The van der Waals surface area contributed by atoms with Gasteiger partial charge in [-0.2, -0.15) is 0 Å². The Hall–Kier alpha value is -5.96. The maximum Gasteiger partial charge on any atom is 0.0540 e. The van der Waals surface area contributed by atoms with Gasteiger partial charge < -0.3 is 4.90 Å². The number of hydrogen-bond donors (Lipinski definition) is 0. The first kappa shape index (κ1) is 35.8. The molecule has 0 unspecified atom stereocenters. The van der Waals surface area contributed by atoms with Crippen LogP contribution in [0.15, 0.2) is 170 Å². The SMILES string of the molecule is CC1(C)c2ccccc2-c2cc(N(c3ccc4c(c3)sc3cc(C56CC7CC(CC(C7)C5)C6)ccc34)c3ccccc3-c3cccc4cccc(-c5ccccc5)c34)ccc21. The van der Waals surface area contributed by atoms with E-state index >= 15 is 0 Å². The lowest BCUT2D eigenvalue weighted by molar-refractivity contribution is -0.00512. The Morgan fingerprint density at radius 3 is 1.84 bits per heavy atom. The van der Waals surface area contributed by atoms with E-state index in [0.717, 1.165) is 17.8 Å². The number of rotatable bonds is 6. The second-order valence-corrected chi connectivity index (χ2v) is 20.6. The molecule has 0 spiro atoms. The quantitative estimate of drug-likeness (QED) is 0.162. The van der Waals surface area contributed by atoms with E-state index in [-0.39, 0.29) is 5.41 Å². The molecule has 2 heteroatoms. The van der Waals surface area contributed by atoms with Gasteiger partial charge >= 0.3 is 0 Å². The van der Waals surface area contributed by atoms with E-state index in [4.69, 9.17) is 0 Å². The number of benzene rings is 8. The zero-order valence-corrected chi connectivity index (χ0v) is 35.8. The molecule has 1 aromatic heterocycles. The van der Waals surface area contributed by atoms with Crippen LogP contribution in [0.3, 0.4) is 0 Å². The summed E-state index contributed by atoms with van der Waals surface area (Å²) in [6.07, 6.45) is 8.65. The molecule has 1 heterocycles. The van der Waals surface area contributed by atoms with Gasteiger partial charge in [-0.3, -0.25) is 0 Å². The summed E-state index contributed by atoms with van der Waals surface area (Å²) in [5.41, 5.74) is 15.9. The van der Waals surface area contributed by atoms with Gasteiger partial charge in [0, 0.05) is 42.5 Å². The fraction of sp³-hybridized carbons (Fsp3) is 0.220. The van der Waals surface area contributed by atoms with E-state index in [1.54, 1.807) is 5.56 Å². The highest BCUT2D eigenvalue weighted by molar-refractivity contribution is 7.25. The van der Waals surface area contributed by atoms with Crippen molar-refractivity contribution < 1.29 is 0 Å². The van der Waals surface area contributed by atoms with Crippen molar-refractivity contribution in [1.29, 1.82) is 0 Å². The third-order valence-electron chi connectivity index (χ3n) is 15.6. The van der Waals surface area contributed by atoms with Crippen LogP contribution in [0.25, 0.3) is 64.3 Å². The van der Waals surface area contributed by atoms with Crippen LogP contribution in [0.5, 0.6) is 0 Å². The zero-order chi connectivity index (χ0) is 40.5. The molecule has 4 bridgehead atoms. The highest BCUT2D eigenvalue weighted by Crippen LogP contribution is 2.61. The third kappa shape index (κ3) is 5.44. The maximum atomic E-state index is 2.62. The van der Waals surface area contributed by atoms with E-state index < -0.39 is 0 Å². The van der Waals surface area contributed by atoms with E-state index in [1.807, 2.05) is 11.3 Å². The van der Waals surface area contributed by atoms with Gasteiger partial charge in [0.2, 0.25) is 0 Å². The van der Waals surface area contributed by atoms with Crippen molar-refractivity contribution in [2.24, 2.45) is 17.8 Å². The topological polar surface area (TPSA) is 3.24 Å². The van der Waals surface area contributed by atoms with E-state index in [0.29, 0.717) is 5.41 Å². The van der Waals surface area contributed by atoms with Crippen LogP contribution in [0, 0.1) is 17.8 Å². The summed E-state index contributed by atoms with van der Waals surface area (Å²) in [7, 11) is 0. The fourth-order valence-electron chi connectivity index (χ4n) is 13.3. The van der Waals surface area contributed by atoms with Gasteiger partial charge in [0.25, 0.3) is 0 Å². The molecule has 4 saturated carbocycles. The number of anilines is 3. The van der Waals surface area contributed by atoms with Crippen LogP contribution >= 0.6 is 11.3 Å². The minimum Gasteiger partial charge on any atom is -0.310 e. The molecular weight excluding hydrogens is 755 g/mol. The van der Waals surface area contributed by atoms with Crippen molar-refractivity contribution in [3.8, 4) is 33.4 Å². The molecule has 5 aliphatic rings. The number of thiophene rings is 1. The molecule has 8 aromatic carbocycles. The number of para-hydroxylation sites is 1. The summed E-state index contributed by atoms with van der Waals surface area (Å²) in [4.78, 5) is 2.54. The molecule has 296 valence electrons. The highest BCUT2D eigenvalue weighted by Gasteiger charge is 2.51. The molecule has 0 atom stereocenters. The van der Waals surface area contributed by atoms with Gasteiger partial charge in [0.05, 0.1) is 5.69 Å². The largest absolute Gasteiger partial charge is 0.310 e. The summed E-state index contributed by atoms with van der Waals surface area (Å²) in [6, 6.07) is 64.6. The Morgan fingerprint density at radius 2 is 1.07 bits per heavy atom. The van der Waals surface area contributed by atoms with Gasteiger partial charge in [-0.15, -0.1) is 11.3 Å². The first-order valence-electron chi connectivity index (χ1n) is 22.6. The summed E-state index contributed by atoms with van der Waals surface area (Å²) < 4.78 is 2.79. The van der Waals surface area contributed by atoms with Gasteiger partial charge in [-0.05, 0) is 153 Å². The molecule has 4 fully saturated rings. The van der Waals surface area contributed by atoms with Crippen molar-refractivity contribution in [2.45, 2.75) is 63.2 Å². The first-order chi connectivity index (χ1) is 29.9. The second kappa shape index (κ2) is 13.3. The Labute approximate surface area is 363 Å². The molecule has 1 nitrogen and oxygen atoms in total. The molecule has 5 aliphatic carbocycles. The average Bonchev–Trinajstić information content (AvgIpc) is 3.76. The number of fused-ring (bicyclic) bond motifs is 7. The van der Waals surface area contributed by atoms with Crippen LogP contribution in [0.2, 0.25) is 0 Å². The van der Waals surface area contributed by atoms with E-state index in [9.17, 15) is 0 Å². The van der Waals surface area contributed by atoms with Crippen molar-refractivity contribution in [3.63, 3.8) is 0 Å². The minimum absolute atomic E-state index is 0.0605. The molecule has 0 N–H and O–H groups in total. The van der Waals surface area contributed by atoms with E-state index in [1.165, 1.54) is 131 Å². The van der Waals surface area contributed by atoms with Crippen LogP contribution in [-0.2, 0) is 10.8 Å². The zero-order valence-electron chi connectivity index (χ0n) is 35.0. The Bertz CT molecular complexity index is 3180. The van der Waals surface area contributed by atoms with Crippen LogP contribution in [-0.4, -0.2) is 0 Å². The molecule has 0 saturated heterocycles. The smallest absolute Gasteiger partial charge is 0.0540 e. The number of nitrogens with zero attached hydrogens (tertiary/aromatic N) is 1. The molecule has 0 radical (unpaired) electrons. The third-order valence-corrected chi connectivity index (χ3v) is 16.7. The van der Waals surface area contributed by atoms with Crippen LogP contribution < -0.4 is 4.90 Å². The molecule has 14 rings (SSSR count). The lowest BCUT2D eigenvalue weighted by Gasteiger charge is -2.57. The Kier molecular flexibility index (Phi) is 7.78. The fourth-order valence-corrected chi connectivity index (χ4v) is 14.5. The molecular formula is C59H49NS. The number of hydrogen-bond acceptors (Lipinski definition) is 2. The maximum absolute atomic E-state index is 2.62. The van der Waals surface area contributed by atoms with Gasteiger partial charge in [-0.25, -0.2) is 0 Å². The summed E-state index contributed by atoms with van der Waals surface area (Å²) in [5.74, 6) is 2.83. The molecule has 0 amide bonds. The van der Waals surface area contributed by atoms with Crippen molar-refractivity contribution in [1.82, 2.24) is 0 Å². The highest BCUT2D eigenvalue weighted by atomic mass is 32.1. The summed E-state index contributed by atoms with van der Waals surface area (Å²) >= 11 is 1.99. The predicted octanol–water partition coefficient (Wildman–Crippen LogP) is 16.8. The van der Waals surface area contributed by atoms with Crippen LogP contribution in [0.4, 0.5) is 17.1 Å². The monoisotopic (exact) mass is 803 g/mol. The molecule has 9 aromatic rings. The first-order valence-corrected chi connectivity index (χ1v) is 23.4. The van der Waals surface area contributed by atoms with Crippen molar-refractivity contribution in [2.75, 3.05) is 4.90 Å². The van der Waals surface area contributed by atoms with Crippen LogP contribution in [0.1, 0.15) is 69.1 Å². The minimum atomic E-state index is -0.0605. The lowest BCUT2D eigenvalue weighted by atomic mass is 9.48. The van der Waals surface area contributed by atoms with Gasteiger partial charge in [0.15, 0.2) is 0 Å². The van der Waals surface area contributed by atoms with Gasteiger partial charge in [0.1, 0.15) is 0 Å². The van der Waals surface area contributed by atoms with E-state index in [2.05, 4.69) is 189 Å². The van der Waals surface area contributed by atoms with Crippen molar-refractivity contribution >= 4 is 59.3 Å². The normalized spacial score (nSPS) is 21.9. The Morgan fingerprint density at radius 1 is 0.475 bits per heavy atom. The standard InChI is InChI=1S/C59H49NS/c1-58(2)52-20-8-6-16-46(52)51-32-43(24-27-53(51)58)60(54-21-9-7-17-47(54)50-19-11-15-41-14-10-18-45(57(41)50)40-12-4-3-5-13-40)44-23-26-49-48-25-22-42(31-55(48)61-56(49)33-44)59-34-37-28-38(35-59)30-39(29-37)36-59/h3-27,31-33,37-39H,28-30,34-36H2,1-2H3. The molecule has 0 aliphatic heterocycles.